The maximum Gasteiger partial charge on any atom is 0.271 e. The molecule has 0 spiro atoms. The summed E-state index contributed by atoms with van der Waals surface area (Å²) in [5.41, 5.74) is 7.15. The molecule has 5 nitrogen and oxygen atoms in total. The van der Waals surface area contributed by atoms with Crippen LogP contribution in [0.2, 0.25) is 0 Å². The lowest BCUT2D eigenvalue weighted by Crippen LogP contribution is -2.31. The van der Waals surface area contributed by atoms with Gasteiger partial charge in [0.25, 0.3) is 5.91 Å². The van der Waals surface area contributed by atoms with Gasteiger partial charge in [-0.3, -0.25) is 4.79 Å². The third-order valence-electron chi connectivity index (χ3n) is 5.96. The number of likely N-dealkylation sites (tertiary alicyclic amines) is 1. The van der Waals surface area contributed by atoms with Gasteiger partial charge in [0.1, 0.15) is 11.5 Å². The van der Waals surface area contributed by atoms with Crippen LogP contribution in [0.25, 0.3) is 21.9 Å². The number of carbonyl (C=O) groups excluding carboxylic acids is 1. The highest BCUT2D eigenvalue weighted by Crippen LogP contribution is 2.34. The van der Waals surface area contributed by atoms with Crippen LogP contribution < -0.4 is 0 Å². The van der Waals surface area contributed by atoms with Gasteiger partial charge < -0.3 is 14.9 Å². The molecule has 0 radical (unpaired) electrons. The Morgan fingerprint density at radius 1 is 1.14 bits per heavy atom. The van der Waals surface area contributed by atoms with Gasteiger partial charge in [0, 0.05) is 17.4 Å². The number of hydrogen-bond acceptors (Lipinski definition) is 2. The number of carbonyl (C=O) groups is 1. The van der Waals surface area contributed by atoms with Crippen molar-refractivity contribution in [3.05, 3.63) is 64.6 Å². The molecule has 1 fully saturated rings. The molecule has 1 saturated heterocycles. The molecule has 2 aromatic heterocycles. The number of amides is 1. The first-order chi connectivity index (χ1) is 13.5. The number of benzene rings is 2. The molecule has 5 heteroatoms. The number of hydrogen-bond donors (Lipinski definition) is 2. The van der Waals surface area contributed by atoms with Crippen molar-refractivity contribution >= 4 is 27.8 Å². The highest BCUT2D eigenvalue weighted by molar-refractivity contribution is 6.02. The SMILES string of the molecule is Cc1cc(C)c2[nH]c(C(=O)N3CCC[C@H]3c3nc4ccccc4[nH]3)c(C)c2c1. The Labute approximate surface area is 163 Å². The van der Waals surface area contributed by atoms with E-state index in [1.54, 1.807) is 0 Å². The molecule has 3 heterocycles. The molecule has 2 N–H and O–H groups in total. The van der Waals surface area contributed by atoms with Crippen molar-refractivity contribution in [2.24, 2.45) is 0 Å². The van der Waals surface area contributed by atoms with Crippen molar-refractivity contribution in [2.45, 2.75) is 39.7 Å². The normalized spacial score (nSPS) is 17.1. The Balaban J connectivity index is 1.54. The van der Waals surface area contributed by atoms with Crippen LogP contribution in [-0.2, 0) is 0 Å². The molecule has 5 rings (SSSR count). The summed E-state index contributed by atoms with van der Waals surface area (Å²) in [7, 11) is 0. The molecule has 0 saturated carbocycles. The van der Waals surface area contributed by atoms with Gasteiger partial charge >= 0.3 is 0 Å². The Morgan fingerprint density at radius 2 is 1.96 bits per heavy atom. The van der Waals surface area contributed by atoms with Crippen molar-refractivity contribution in [3.63, 3.8) is 0 Å². The lowest BCUT2D eigenvalue weighted by atomic mass is 10.1. The zero-order valence-electron chi connectivity index (χ0n) is 16.5. The molecular formula is C23H24N4O. The number of aromatic nitrogens is 3. The Kier molecular flexibility index (Phi) is 3.79. The van der Waals surface area contributed by atoms with Gasteiger partial charge in [-0.25, -0.2) is 4.98 Å². The smallest absolute Gasteiger partial charge is 0.271 e. The van der Waals surface area contributed by atoms with E-state index in [1.165, 1.54) is 11.1 Å². The topological polar surface area (TPSA) is 64.8 Å². The Morgan fingerprint density at radius 3 is 2.79 bits per heavy atom. The molecule has 142 valence electrons. The van der Waals surface area contributed by atoms with Crippen LogP contribution in [0.4, 0.5) is 0 Å². The van der Waals surface area contributed by atoms with Gasteiger partial charge in [-0.05, 0) is 62.9 Å². The minimum Gasteiger partial charge on any atom is -0.350 e. The van der Waals surface area contributed by atoms with Crippen molar-refractivity contribution in [1.29, 1.82) is 0 Å². The average molecular weight is 372 g/mol. The number of aryl methyl sites for hydroxylation is 3. The van der Waals surface area contributed by atoms with Crippen molar-refractivity contribution in [2.75, 3.05) is 6.54 Å². The van der Waals surface area contributed by atoms with Crippen molar-refractivity contribution in [1.82, 2.24) is 19.9 Å². The predicted molar refractivity (Wildman–Crippen MR) is 112 cm³/mol. The molecule has 0 unspecified atom stereocenters. The summed E-state index contributed by atoms with van der Waals surface area (Å²) in [6, 6.07) is 12.3. The number of nitrogens with zero attached hydrogens (tertiary/aromatic N) is 2. The van der Waals surface area contributed by atoms with E-state index in [-0.39, 0.29) is 11.9 Å². The third kappa shape index (κ3) is 2.53. The summed E-state index contributed by atoms with van der Waals surface area (Å²) in [5, 5.41) is 1.14. The number of rotatable bonds is 2. The number of nitrogens with one attached hydrogen (secondary N) is 2. The Bertz CT molecular complexity index is 1180. The summed E-state index contributed by atoms with van der Waals surface area (Å²) in [5.74, 6) is 0.946. The van der Waals surface area contributed by atoms with E-state index in [1.807, 2.05) is 36.1 Å². The molecular weight excluding hydrogens is 348 g/mol. The summed E-state index contributed by atoms with van der Waals surface area (Å²) in [4.78, 5) is 27.0. The van der Waals surface area contributed by atoms with Crippen molar-refractivity contribution in [3.8, 4) is 0 Å². The summed E-state index contributed by atoms with van der Waals surface area (Å²) < 4.78 is 0. The van der Waals surface area contributed by atoms with Crippen molar-refractivity contribution < 1.29 is 4.79 Å². The monoisotopic (exact) mass is 372 g/mol. The second-order valence-corrected chi connectivity index (χ2v) is 7.93. The molecule has 1 atom stereocenters. The fraction of sp³-hybridized carbons (Fsp3) is 0.304. The fourth-order valence-electron chi connectivity index (χ4n) is 4.56. The zero-order chi connectivity index (χ0) is 19.4. The molecule has 0 aliphatic carbocycles. The quantitative estimate of drug-likeness (QED) is 0.523. The number of para-hydroxylation sites is 2. The van der Waals surface area contributed by atoms with E-state index in [2.05, 4.69) is 35.9 Å². The highest BCUT2D eigenvalue weighted by Gasteiger charge is 2.34. The predicted octanol–water partition coefficient (Wildman–Crippen LogP) is 4.95. The molecule has 0 bridgehead atoms. The molecule has 1 aliphatic heterocycles. The van der Waals surface area contributed by atoms with Crippen LogP contribution in [0.5, 0.6) is 0 Å². The van der Waals surface area contributed by atoms with E-state index in [9.17, 15) is 4.79 Å². The summed E-state index contributed by atoms with van der Waals surface area (Å²) in [6.45, 7) is 6.98. The number of fused-ring (bicyclic) bond motifs is 2. The first-order valence-electron chi connectivity index (χ1n) is 9.88. The second kappa shape index (κ2) is 6.23. The van der Waals surface area contributed by atoms with Crippen LogP contribution in [0.15, 0.2) is 36.4 Å². The number of imidazole rings is 1. The molecule has 1 amide bonds. The van der Waals surface area contributed by atoms with Crippen LogP contribution in [0.1, 0.15) is 51.9 Å². The first kappa shape index (κ1) is 17.0. The van der Waals surface area contributed by atoms with Gasteiger partial charge in [0.2, 0.25) is 0 Å². The Hall–Kier alpha value is -3.08. The minimum atomic E-state index is -0.00598. The fourth-order valence-corrected chi connectivity index (χ4v) is 4.56. The van der Waals surface area contributed by atoms with E-state index in [0.717, 1.165) is 52.7 Å². The van der Waals surface area contributed by atoms with Crippen LogP contribution in [0.3, 0.4) is 0 Å². The molecule has 28 heavy (non-hydrogen) atoms. The molecule has 1 aliphatic rings. The largest absolute Gasteiger partial charge is 0.350 e. The van der Waals surface area contributed by atoms with Gasteiger partial charge in [0.05, 0.1) is 17.1 Å². The van der Waals surface area contributed by atoms with Crippen LogP contribution in [-0.4, -0.2) is 32.3 Å². The zero-order valence-corrected chi connectivity index (χ0v) is 16.5. The lowest BCUT2D eigenvalue weighted by Gasteiger charge is -2.23. The first-order valence-corrected chi connectivity index (χ1v) is 9.88. The van der Waals surface area contributed by atoms with Gasteiger partial charge in [0.15, 0.2) is 0 Å². The van der Waals surface area contributed by atoms with Crippen LogP contribution in [0, 0.1) is 20.8 Å². The van der Waals surface area contributed by atoms with Gasteiger partial charge in [-0.2, -0.15) is 0 Å². The van der Waals surface area contributed by atoms with Gasteiger partial charge in [-0.1, -0.05) is 23.8 Å². The maximum absolute atomic E-state index is 13.5. The summed E-state index contributed by atoms with van der Waals surface area (Å²) >= 11 is 0. The highest BCUT2D eigenvalue weighted by atomic mass is 16.2. The van der Waals surface area contributed by atoms with E-state index in [4.69, 9.17) is 4.98 Å². The molecule has 2 aromatic carbocycles. The van der Waals surface area contributed by atoms with E-state index >= 15 is 0 Å². The maximum atomic E-state index is 13.5. The average Bonchev–Trinajstić information content (AvgIpc) is 3.38. The summed E-state index contributed by atoms with van der Waals surface area (Å²) in [6.07, 6.45) is 1.92. The molecule has 4 aromatic rings. The second-order valence-electron chi connectivity index (χ2n) is 7.93. The van der Waals surface area contributed by atoms with Gasteiger partial charge in [-0.15, -0.1) is 0 Å². The van der Waals surface area contributed by atoms with E-state index in [0.29, 0.717) is 5.69 Å². The minimum absolute atomic E-state index is 0.00598. The van der Waals surface area contributed by atoms with E-state index < -0.39 is 0 Å². The van der Waals surface area contributed by atoms with Crippen LogP contribution >= 0.6 is 0 Å². The third-order valence-corrected chi connectivity index (χ3v) is 5.96. The number of H-pyrrole nitrogens is 2. The number of aromatic amines is 2. The lowest BCUT2D eigenvalue weighted by molar-refractivity contribution is 0.0725. The standard InChI is InChI=1S/C23H24N4O/c1-13-11-14(2)20-16(12-13)15(3)21(26-20)23(28)27-10-6-9-19(27)22-24-17-7-4-5-8-18(17)25-22/h4-5,7-8,11-12,19,26H,6,9-10H2,1-3H3,(H,24,25)/t19-/m0/s1.